The third-order valence-corrected chi connectivity index (χ3v) is 6.25. The van der Waals surface area contributed by atoms with Crippen LogP contribution >= 0.6 is 23.2 Å². The number of hydrogen-bond donors (Lipinski definition) is 3. The second-order valence-electron chi connectivity index (χ2n) is 9.59. The molecule has 1 spiro atoms. The van der Waals surface area contributed by atoms with Crippen LogP contribution in [0.5, 0.6) is 11.5 Å². The van der Waals surface area contributed by atoms with Gasteiger partial charge in [-0.25, -0.2) is 14.6 Å². The smallest absolute Gasteiger partial charge is 0.413 e. The number of anilines is 2. The summed E-state index contributed by atoms with van der Waals surface area (Å²) >= 11 is 12.8. The van der Waals surface area contributed by atoms with Crippen LogP contribution in [-0.4, -0.2) is 37.3 Å². The lowest BCUT2D eigenvalue weighted by molar-refractivity contribution is -0.117. The minimum atomic E-state index is -0.927. The fraction of sp³-hybridized carbons (Fsp3) is 0.304. The van der Waals surface area contributed by atoms with Gasteiger partial charge in [0.05, 0.1) is 27.3 Å². The Bertz CT molecular complexity index is 1560. The van der Waals surface area contributed by atoms with Crippen molar-refractivity contribution in [2.45, 2.75) is 44.6 Å². The minimum Gasteiger partial charge on any atom is -0.453 e. The van der Waals surface area contributed by atoms with Crippen LogP contribution in [0.25, 0.3) is 5.69 Å². The van der Waals surface area contributed by atoms with Crippen molar-refractivity contribution in [3.63, 3.8) is 0 Å². The van der Waals surface area contributed by atoms with E-state index >= 15 is 0 Å². The highest BCUT2D eigenvalue weighted by Crippen LogP contribution is 2.55. The fourth-order valence-corrected chi connectivity index (χ4v) is 4.43. The molecule has 14 heteroatoms. The van der Waals surface area contributed by atoms with Gasteiger partial charge in [0, 0.05) is 5.56 Å². The highest BCUT2D eigenvalue weighted by Gasteiger charge is 2.57. The monoisotopic (exact) mass is 546 g/mol. The first-order valence-electron chi connectivity index (χ1n) is 11.1. The maximum atomic E-state index is 12.4. The quantitative estimate of drug-likeness (QED) is 0.446. The van der Waals surface area contributed by atoms with Crippen molar-refractivity contribution in [1.29, 1.82) is 0 Å². The number of aromatic amines is 1. The van der Waals surface area contributed by atoms with Gasteiger partial charge in [0.2, 0.25) is 11.7 Å². The van der Waals surface area contributed by atoms with E-state index < -0.39 is 34.2 Å². The van der Waals surface area contributed by atoms with E-state index in [0.717, 1.165) is 23.1 Å². The number of hydrogen-bond acceptors (Lipinski definition) is 8. The number of nitrogens with zero attached hydrogens (tertiary/aromatic N) is 3. The largest absolute Gasteiger partial charge is 0.453 e. The summed E-state index contributed by atoms with van der Waals surface area (Å²) in [4.78, 5) is 55.3. The molecule has 1 aromatic carbocycles. The van der Waals surface area contributed by atoms with Gasteiger partial charge in [-0.1, -0.05) is 23.2 Å². The van der Waals surface area contributed by atoms with E-state index in [0.29, 0.717) is 11.6 Å². The molecule has 0 saturated heterocycles. The number of H-pyrrole nitrogens is 1. The Labute approximate surface area is 218 Å². The van der Waals surface area contributed by atoms with Crippen LogP contribution in [0, 0.1) is 0 Å². The summed E-state index contributed by atoms with van der Waals surface area (Å²) in [5.41, 5.74) is -2.34. The molecule has 2 aliphatic rings. The van der Waals surface area contributed by atoms with E-state index in [1.54, 1.807) is 26.8 Å². The van der Waals surface area contributed by atoms with Gasteiger partial charge in [-0.2, -0.15) is 4.68 Å². The van der Waals surface area contributed by atoms with Gasteiger partial charge in [0.25, 0.3) is 5.56 Å². The first-order chi connectivity index (χ1) is 17.4. The summed E-state index contributed by atoms with van der Waals surface area (Å²) in [6, 6.07) is 4.42. The number of halogens is 2. The number of benzene rings is 1. The normalized spacial score (nSPS) is 15.2. The van der Waals surface area contributed by atoms with Crippen LogP contribution in [-0.2, 0) is 14.9 Å². The molecule has 3 aromatic rings. The Kier molecular flexibility index (Phi) is 5.76. The number of pyridine rings is 1. The maximum Gasteiger partial charge on any atom is 0.413 e. The Hall–Kier alpha value is -3.90. The average molecular weight is 547 g/mol. The highest BCUT2D eigenvalue weighted by atomic mass is 35.5. The van der Waals surface area contributed by atoms with Crippen LogP contribution in [0.4, 0.5) is 16.4 Å². The summed E-state index contributed by atoms with van der Waals surface area (Å²) in [7, 11) is 0. The molecule has 3 N–H and O–H groups in total. The standard InChI is InChI=1S/C23H20Cl2N6O6/c1-22(2,3)37-21(35)28-17-18(32)29-20(34)31(30-17)10-6-13(24)15(14(25)7-10)36-11-8-12-16(26-9-11)27-19(33)23(12)4-5-23/h6-9H,4-5H2,1-3H3,(H,26,27,33)(H,28,30,35)(H,29,32,34). The molecular formula is C23H20Cl2N6O6. The molecule has 1 aliphatic carbocycles. The van der Waals surface area contributed by atoms with Gasteiger partial charge in [0.15, 0.2) is 5.75 Å². The fourth-order valence-electron chi connectivity index (χ4n) is 3.88. The molecule has 3 heterocycles. The van der Waals surface area contributed by atoms with Crippen molar-refractivity contribution in [2.75, 3.05) is 10.6 Å². The lowest BCUT2D eigenvalue weighted by Crippen LogP contribution is -2.36. The lowest BCUT2D eigenvalue weighted by atomic mass is 10.00. The molecule has 0 unspecified atom stereocenters. The number of aromatic nitrogens is 4. The van der Waals surface area contributed by atoms with Crippen molar-refractivity contribution in [2.24, 2.45) is 0 Å². The van der Waals surface area contributed by atoms with Crippen LogP contribution in [0.15, 0.2) is 34.0 Å². The van der Waals surface area contributed by atoms with Crippen molar-refractivity contribution >= 4 is 46.8 Å². The summed E-state index contributed by atoms with van der Waals surface area (Å²) < 4.78 is 11.8. The zero-order valence-corrected chi connectivity index (χ0v) is 21.3. The van der Waals surface area contributed by atoms with Crippen LogP contribution in [0.2, 0.25) is 10.0 Å². The Morgan fingerprint density at radius 1 is 1.14 bits per heavy atom. The van der Waals surface area contributed by atoms with E-state index in [4.69, 9.17) is 32.7 Å². The number of amides is 2. The number of carbonyl (C=O) groups excluding carboxylic acids is 2. The average Bonchev–Trinajstić information content (AvgIpc) is 3.54. The lowest BCUT2D eigenvalue weighted by Gasteiger charge is -2.19. The second kappa shape index (κ2) is 8.60. The summed E-state index contributed by atoms with van der Waals surface area (Å²) in [5, 5.41) is 8.95. The van der Waals surface area contributed by atoms with E-state index in [-0.39, 0.29) is 27.4 Å². The topological polar surface area (TPSA) is 157 Å². The molecule has 1 saturated carbocycles. The van der Waals surface area contributed by atoms with Crippen molar-refractivity contribution in [1.82, 2.24) is 19.7 Å². The molecule has 1 fully saturated rings. The molecule has 2 aromatic heterocycles. The highest BCUT2D eigenvalue weighted by molar-refractivity contribution is 6.37. The third-order valence-electron chi connectivity index (χ3n) is 5.69. The Balaban J connectivity index is 1.44. The zero-order chi connectivity index (χ0) is 26.7. The van der Waals surface area contributed by atoms with E-state index in [2.05, 4.69) is 25.7 Å². The number of carbonyl (C=O) groups is 2. The zero-order valence-electron chi connectivity index (χ0n) is 19.8. The van der Waals surface area contributed by atoms with Gasteiger partial charge in [0.1, 0.15) is 17.2 Å². The molecule has 5 rings (SSSR count). The van der Waals surface area contributed by atoms with Gasteiger partial charge in [-0.3, -0.25) is 19.9 Å². The maximum absolute atomic E-state index is 12.4. The summed E-state index contributed by atoms with van der Waals surface area (Å²) in [6.45, 7) is 4.95. The first-order valence-corrected chi connectivity index (χ1v) is 11.8. The number of nitrogens with one attached hydrogen (secondary N) is 3. The van der Waals surface area contributed by atoms with Crippen molar-refractivity contribution in [3.8, 4) is 17.2 Å². The summed E-state index contributed by atoms with van der Waals surface area (Å²) in [5.74, 6) is 0.359. The molecule has 0 bridgehead atoms. The van der Waals surface area contributed by atoms with Gasteiger partial charge >= 0.3 is 11.8 Å². The Morgan fingerprint density at radius 2 is 1.81 bits per heavy atom. The third kappa shape index (κ3) is 4.65. The van der Waals surface area contributed by atoms with Gasteiger partial charge < -0.3 is 14.8 Å². The van der Waals surface area contributed by atoms with E-state index in [1.807, 2.05) is 0 Å². The SMILES string of the molecule is CC(C)(C)OC(=O)Nc1nn(-c2cc(Cl)c(Oc3cnc4c(c3)C3(CC3)C(=O)N4)c(Cl)c2)c(=O)[nH]c1=O. The molecule has 12 nitrogen and oxygen atoms in total. The molecule has 0 atom stereocenters. The molecule has 2 amide bonds. The van der Waals surface area contributed by atoms with Crippen LogP contribution in [0.3, 0.4) is 0 Å². The molecule has 1 aliphatic heterocycles. The predicted octanol–water partition coefficient (Wildman–Crippen LogP) is 3.75. The molecule has 0 radical (unpaired) electrons. The summed E-state index contributed by atoms with van der Waals surface area (Å²) in [6.07, 6.45) is 1.98. The number of rotatable bonds is 4. The van der Waals surface area contributed by atoms with Gasteiger partial charge in [-0.05, 0) is 51.8 Å². The van der Waals surface area contributed by atoms with Crippen molar-refractivity contribution in [3.05, 3.63) is 60.8 Å². The number of fused-ring (bicyclic) bond motifs is 2. The van der Waals surface area contributed by atoms with Gasteiger partial charge in [-0.15, -0.1) is 5.10 Å². The first kappa shape index (κ1) is 24.8. The van der Waals surface area contributed by atoms with E-state index in [1.165, 1.54) is 18.3 Å². The number of ether oxygens (including phenoxy) is 2. The minimum absolute atomic E-state index is 0.0277. The predicted molar refractivity (Wildman–Crippen MR) is 134 cm³/mol. The van der Waals surface area contributed by atoms with Crippen molar-refractivity contribution < 1.29 is 19.1 Å². The van der Waals surface area contributed by atoms with E-state index in [9.17, 15) is 19.2 Å². The second-order valence-corrected chi connectivity index (χ2v) is 10.4. The molecule has 37 heavy (non-hydrogen) atoms. The van der Waals surface area contributed by atoms with Crippen LogP contribution in [0.1, 0.15) is 39.2 Å². The van der Waals surface area contributed by atoms with Crippen LogP contribution < -0.4 is 26.6 Å². The molecule has 192 valence electrons. The molecular weight excluding hydrogens is 527 g/mol. The Morgan fingerprint density at radius 3 is 2.43 bits per heavy atom.